The molecule has 20 heavy (non-hydrogen) atoms. The van der Waals surface area contributed by atoms with E-state index in [1.165, 1.54) is 6.20 Å². The predicted molar refractivity (Wildman–Crippen MR) is 70.0 cm³/mol. The van der Waals surface area contributed by atoms with Crippen LogP contribution in [0.2, 0.25) is 5.02 Å². The molecule has 0 radical (unpaired) electrons. The molecule has 4 nitrogen and oxygen atoms in total. The van der Waals surface area contributed by atoms with E-state index in [-0.39, 0.29) is 16.2 Å². The van der Waals surface area contributed by atoms with Crippen LogP contribution in [0.1, 0.15) is 26.7 Å². The third kappa shape index (κ3) is 3.45. The van der Waals surface area contributed by atoms with Gasteiger partial charge in [-0.05, 0) is 32.6 Å². The predicted octanol–water partition coefficient (Wildman–Crippen LogP) is 3.06. The first-order chi connectivity index (χ1) is 9.10. The molecule has 0 aromatic carbocycles. The lowest BCUT2D eigenvalue weighted by atomic mass is 9.98. The molecular formula is C12H15ClF3N3O. The summed E-state index contributed by atoms with van der Waals surface area (Å²) in [5.74, 6) is 0.469. The fourth-order valence-corrected chi connectivity index (χ4v) is 2.28. The largest absolute Gasteiger partial charge is 0.408 e. The highest BCUT2D eigenvalue weighted by Gasteiger charge is 2.38. The molecule has 1 aliphatic rings. The lowest BCUT2D eigenvalue weighted by molar-refractivity contribution is -0.143. The van der Waals surface area contributed by atoms with Crippen molar-refractivity contribution in [3.63, 3.8) is 0 Å². The lowest BCUT2D eigenvalue weighted by Gasteiger charge is -2.27. The molecule has 1 heterocycles. The number of aromatic nitrogens is 2. The lowest BCUT2D eigenvalue weighted by Crippen LogP contribution is -2.36. The number of nitrogens with zero attached hydrogens (tertiary/aromatic N) is 2. The first-order valence-electron chi connectivity index (χ1n) is 6.21. The van der Waals surface area contributed by atoms with Crippen molar-refractivity contribution in [3.8, 4) is 0 Å². The zero-order valence-corrected chi connectivity index (χ0v) is 11.8. The molecule has 0 amide bonds. The van der Waals surface area contributed by atoms with Crippen molar-refractivity contribution in [2.75, 3.05) is 5.32 Å². The molecule has 0 aliphatic heterocycles. The van der Waals surface area contributed by atoms with Crippen LogP contribution >= 0.6 is 11.6 Å². The van der Waals surface area contributed by atoms with Gasteiger partial charge in [0.05, 0.1) is 11.9 Å². The van der Waals surface area contributed by atoms with Crippen LogP contribution in [0.5, 0.6) is 0 Å². The minimum absolute atomic E-state index is 0.266. The van der Waals surface area contributed by atoms with E-state index in [1.54, 1.807) is 0 Å². The van der Waals surface area contributed by atoms with Gasteiger partial charge < -0.3 is 5.32 Å². The standard InChI is InChI=1S/C12H15ClF3N3O/c1-11(2,7-3-4-7)18-8-5-17-19(6-12(14,15)16)10(20)9(8)13/h5,7,18H,3-4,6H2,1-2H3. The summed E-state index contributed by atoms with van der Waals surface area (Å²) in [6.07, 6.45) is -1.19. The summed E-state index contributed by atoms with van der Waals surface area (Å²) in [4.78, 5) is 11.8. The van der Waals surface area contributed by atoms with Crippen LogP contribution in [0.4, 0.5) is 18.9 Å². The third-order valence-electron chi connectivity index (χ3n) is 3.37. The summed E-state index contributed by atoms with van der Waals surface area (Å²) in [6.45, 7) is 2.47. The van der Waals surface area contributed by atoms with Gasteiger partial charge in [-0.3, -0.25) is 4.79 Å². The summed E-state index contributed by atoms with van der Waals surface area (Å²) in [7, 11) is 0. The fraction of sp³-hybridized carbons (Fsp3) is 0.667. The Morgan fingerprint density at radius 3 is 2.55 bits per heavy atom. The minimum Gasteiger partial charge on any atom is -0.377 e. The third-order valence-corrected chi connectivity index (χ3v) is 3.73. The minimum atomic E-state index is -4.51. The van der Waals surface area contributed by atoms with Crippen LogP contribution in [0.3, 0.4) is 0 Å². The fourth-order valence-electron chi connectivity index (χ4n) is 2.09. The average molecular weight is 310 g/mol. The Morgan fingerprint density at radius 1 is 1.45 bits per heavy atom. The Bertz CT molecular complexity index is 564. The van der Waals surface area contributed by atoms with Gasteiger partial charge in [0.1, 0.15) is 11.6 Å². The molecule has 1 aromatic rings. The van der Waals surface area contributed by atoms with Crippen LogP contribution in [-0.4, -0.2) is 21.5 Å². The van der Waals surface area contributed by atoms with Crippen molar-refractivity contribution in [2.45, 2.75) is 44.9 Å². The van der Waals surface area contributed by atoms with E-state index < -0.39 is 18.3 Å². The Hall–Kier alpha value is -1.24. The zero-order chi connectivity index (χ0) is 15.1. The second-order valence-electron chi connectivity index (χ2n) is 5.57. The normalized spacial score (nSPS) is 16.3. The van der Waals surface area contributed by atoms with Gasteiger partial charge in [-0.25, -0.2) is 4.68 Å². The number of rotatable bonds is 4. The Morgan fingerprint density at radius 2 is 2.05 bits per heavy atom. The molecule has 0 spiro atoms. The smallest absolute Gasteiger partial charge is 0.377 e. The Labute approximate surface area is 118 Å². The van der Waals surface area contributed by atoms with Crippen molar-refractivity contribution >= 4 is 17.3 Å². The van der Waals surface area contributed by atoms with Crippen LogP contribution in [0.15, 0.2) is 11.0 Å². The SMILES string of the molecule is CC(C)(Nc1cnn(CC(F)(F)F)c(=O)c1Cl)C1CC1. The topological polar surface area (TPSA) is 46.9 Å². The quantitative estimate of drug-likeness (QED) is 0.930. The Kier molecular flexibility index (Phi) is 3.75. The van der Waals surface area contributed by atoms with Gasteiger partial charge in [0.2, 0.25) is 0 Å². The van der Waals surface area contributed by atoms with Gasteiger partial charge in [0.15, 0.2) is 0 Å². The molecule has 112 valence electrons. The van der Waals surface area contributed by atoms with Crippen molar-refractivity contribution in [2.24, 2.45) is 5.92 Å². The van der Waals surface area contributed by atoms with Gasteiger partial charge >= 0.3 is 6.18 Å². The first kappa shape index (κ1) is 15.2. The summed E-state index contributed by atoms with van der Waals surface area (Å²) in [6, 6.07) is 0. The molecule has 1 saturated carbocycles. The molecule has 0 saturated heterocycles. The number of halogens is 4. The maximum Gasteiger partial charge on any atom is 0.408 e. The molecule has 1 aliphatic carbocycles. The highest BCUT2D eigenvalue weighted by molar-refractivity contribution is 6.32. The average Bonchev–Trinajstić information content (AvgIpc) is 3.11. The van der Waals surface area contributed by atoms with Crippen molar-refractivity contribution < 1.29 is 13.2 Å². The van der Waals surface area contributed by atoms with Crippen molar-refractivity contribution in [1.29, 1.82) is 0 Å². The molecular weight excluding hydrogens is 295 g/mol. The molecule has 0 atom stereocenters. The van der Waals surface area contributed by atoms with E-state index in [0.717, 1.165) is 12.8 Å². The summed E-state index contributed by atoms with van der Waals surface area (Å²) >= 11 is 5.86. The van der Waals surface area contributed by atoms with Crippen LogP contribution < -0.4 is 10.9 Å². The number of nitrogens with one attached hydrogen (secondary N) is 1. The second-order valence-corrected chi connectivity index (χ2v) is 5.95. The van der Waals surface area contributed by atoms with Gasteiger partial charge in [-0.2, -0.15) is 18.3 Å². The van der Waals surface area contributed by atoms with Crippen LogP contribution in [0.25, 0.3) is 0 Å². The number of hydrogen-bond donors (Lipinski definition) is 1. The highest BCUT2D eigenvalue weighted by atomic mass is 35.5. The van der Waals surface area contributed by atoms with Crippen molar-refractivity contribution in [1.82, 2.24) is 9.78 Å². The van der Waals surface area contributed by atoms with E-state index in [1.807, 2.05) is 13.8 Å². The maximum absolute atomic E-state index is 12.3. The molecule has 0 bridgehead atoms. The molecule has 2 rings (SSSR count). The van der Waals surface area contributed by atoms with Crippen LogP contribution in [-0.2, 0) is 6.54 Å². The monoisotopic (exact) mass is 309 g/mol. The first-order valence-corrected chi connectivity index (χ1v) is 6.58. The summed E-state index contributed by atoms with van der Waals surface area (Å²) in [5.41, 5.74) is -0.943. The van der Waals surface area contributed by atoms with Crippen LogP contribution in [0, 0.1) is 5.92 Å². The van der Waals surface area contributed by atoms with E-state index in [2.05, 4.69) is 10.4 Å². The van der Waals surface area contributed by atoms with Gasteiger partial charge in [0, 0.05) is 5.54 Å². The van der Waals surface area contributed by atoms with Gasteiger partial charge in [-0.1, -0.05) is 11.6 Å². The van der Waals surface area contributed by atoms with Gasteiger partial charge in [0.25, 0.3) is 5.56 Å². The summed E-state index contributed by atoms with van der Waals surface area (Å²) < 4.78 is 37.2. The van der Waals surface area contributed by atoms with E-state index >= 15 is 0 Å². The number of anilines is 1. The van der Waals surface area contributed by atoms with E-state index in [0.29, 0.717) is 10.6 Å². The summed E-state index contributed by atoms with van der Waals surface area (Å²) in [5, 5.41) is 6.35. The van der Waals surface area contributed by atoms with E-state index in [9.17, 15) is 18.0 Å². The maximum atomic E-state index is 12.3. The molecule has 1 N–H and O–H groups in total. The highest BCUT2D eigenvalue weighted by Crippen LogP contribution is 2.41. The molecule has 1 aromatic heterocycles. The Balaban J connectivity index is 2.25. The van der Waals surface area contributed by atoms with E-state index in [4.69, 9.17) is 11.6 Å². The second kappa shape index (κ2) is 4.95. The molecule has 0 unspecified atom stereocenters. The zero-order valence-electron chi connectivity index (χ0n) is 11.1. The molecule has 1 fully saturated rings. The van der Waals surface area contributed by atoms with Gasteiger partial charge in [-0.15, -0.1) is 0 Å². The number of hydrogen-bond acceptors (Lipinski definition) is 3. The number of alkyl halides is 3. The molecule has 8 heteroatoms. The van der Waals surface area contributed by atoms with Crippen molar-refractivity contribution in [3.05, 3.63) is 21.6 Å².